The van der Waals surface area contributed by atoms with Gasteiger partial charge in [0.25, 0.3) is 0 Å². The third-order valence-corrected chi connectivity index (χ3v) is 5.18. The van der Waals surface area contributed by atoms with E-state index in [1.54, 1.807) is 0 Å². The first-order chi connectivity index (χ1) is 11.0. The number of allylic oxidation sites excluding steroid dienone is 3. The lowest BCUT2D eigenvalue weighted by Gasteiger charge is -2.30. The van der Waals surface area contributed by atoms with Gasteiger partial charge in [0, 0.05) is 11.5 Å². The van der Waals surface area contributed by atoms with Gasteiger partial charge in [0.1, 0.15) is 0 Å². The molecular formula is C21H30O2. The minimum atomic E-state index is 0.0686. The average Bonchev–Trinajstić information content (AvgIpc) is 2.52. The summed E-state index contributed by atoms with van der Waals surface area (Å²) in [5.74, 6) is 0.762. The summed E-state index contributed by atoms with van der Waals surface area (Å²) in [6.07, 6.45) is 8.40. The summed E-state index contributed by atoms with van der Waals surface area (Å²) in [6, 6.07) is 3.98. The Bertz CT molecular complexity index is 598. The van der Waals surface area contributed by atoms with Crippen LogP contribution in [0.2, 0.25) is 0 Å². The molecule has 1 aliphatic rings. The molecule has 0 aliphatic heterocycles. The Balaban J connectivity index is 2.26. The summed E-state index contributed by atoms with van der Waals surface area (Å²) in [5, 5.41) is 20.9. The molecule has 2 nitrogen and oxygen atoms in total. The van der Waals surface area contributed by atoms with Crippen LogP contribution in [0.1, 0.15) is 69.9 Å². The van der Waals surface area contributed by atoms with Crippen molar-refractivity contribution in [2.24, 2.45) is 5.92 Å². The fourth-order valence-corrected chi connectivity index (χ4v) is 3.50. The zero-order chi connectivity index (χ0) is 17.0. The predicted molar refractivity (Wildman–Crippen MR) is 97.0 cm³/mol. The van der Waals surface area contributed by atoms with Crippen molar-refractivity contribution in [3.8, 4) is 11.5 Å². The van der Waals surface area contributed by atoms with Gasteiger partial charge >= 0.3 is 0 Å². The number of benzene rings is 1. The molecule has 126 valence electrons. The largest absolute Gasteiger partial charge is 0.504 e. The predicted octanol–water partition coefficient (Wildman–Crippen LogP) is 5.85. The summed E-state index contributed by atoms with van der Waals surface area (Å²) in [4.78, 5) is 0. The summed E-state index contributed by atoms with van der Waals surface area (Å²) in [6.45, 7) is 10.4. The highest BCUT2D eigenvalue weighted by atomic mass is 16.3. The van der Waals surface area contributed by atoms with Crippen molar-refractivity contribution < 1.29 is 10.2 Å². The van der Waals surface area contributed by atoms with Gasteiger partial charge in [-0.2, -0.15) is 0 Å². The Labute approximate surface area is 140 Å². The quantitative estimate of drug-likeness (QED) is 0.393. The molecule has 2 heteroatoms. The van der Waals surface area contributed by atoms with Gasteiger partial charge in [0.15, 0.2) is 11.5 Å². The van der Waals surface area contributed by atoms with Crippen molar-refractivity contribution in [3.05, 3.63) is 47.1 Å². The zero-order valence-corrected chi connectivity index (χ0v) is 14.7. The van der Waals surface area contributed by atoms with Crippen LogP contribution in [0.15, 0.2) is 35.9 Å². The lowest BCUT2D eigenvalue weighted by atomic mass is 9.75. The van der Waals surface area contributed by atoms with Crippen LogP contribution < -0.4 is 0 Å². The van der Waals surface area contributed by atoms with E-state index in [2.05, 4.69) is 33.4 Å². The Hall–Kier alpha value is -1.70. The Morgan fingerprint density at radius 1 is 1.22 bits per heavy atom. The fraction of sp³-hybridized carbons (Fsp3) is 0.524. The average molecular weight is 314 g/mol. The van der Waals surface area contributed by atoms with Crippen molar-refractivity contribution in [1.82, 2.24) is 0 Å². The number of rotatable bonds is 6. The van der Waals surface area contributed by atoms with Gasteiger partial charge in [0.05, 0.1) is 0 Å². The topological polar surface area (TPSA) is 40.5 Å². The van der Waals surface area contributed by atoms with Crippen LogP contribution in [0.4, 0.5) is 0 Å². The molecule has 1 aromatic rings. The third-order valence-electron chi connectivity index (χ3n) is 5.18. The molecule has 0 bridgehead atoms. The van der Waals surface area contributed by atoms with E-state index in [9.17, 15) is 10.2 Å². The monoisotopic (exact) mass is 314 g/mol. The van der Waals surface area contributed by atoms with Gasteiger partial charge in [-0.1, -0.05) is 55.7 Å². The van der Waals surface area contributed by atoms with Crippen LogP contribution >= 0.6 is 0 Å². The van der Waals surface area contributed by atoms with Gasteiger partial charge in [-0.15, -0.1) is 0 Å². The fourth-order valence-electron chi connectivity index (χ4n) is 3.50. The summed E-state index contributed by atoms with van der Waals surface area (Å²) in [5.41, 5.74) is 4.17. The van der Waals surface area contributed by atoms with Crippen LogP contribution in [0.25, 0.3) is 0 Å². The molecule has 0 fully saturated rings. The van der Waals surface area contributed by atoms with E-state index < -0.39 is 0 Å². The SMILES string of the molecule is C=C(C)C1CC=C(C)C(c2ccc(CCCCC)c(O)c2O)C1. The summed E-state index contributed by atoms with van der Waals surface area (Å²) < 4.78 is 0. The lowest BCUT2D eigenvalue weighted by Crippen LogP contribution is -2.14. The normalized spacial score (nSPS) is 21.1. The van der Waals surface area contributed by atoms with Crippen LogP contribution in [0.3, 0.4) is 0 Å². The number of phenols is 2. The number of hydrogen-bond donors (Lipinski definition) is 2. The van der Waals surface area contributed by atoms with Gasteiger partial charge in [-0.25, -0.2) is 0 Å². The lowest BCUT2D eigenvalue weighted by molar-refractivity contribution is 0.387. The van der Waals surface area contributed by atoms with Crippen LogP contribution in [-0.2, 0) is 6.42 Å². The second-order valence-electron chi connectivity index (χ2n) is 6.98. The number of hydrogen-bond acceptors (Lipinski definition) is 2. The summed E-state index contributed by atoms with van der Waals surface area (Å²) >= 11 is 0. The maximum Gasteiger partial charge on any atom is 0.161 e. The van der Waals surface area contributed by atoms with Crippen molar-refractivity contribution >= 4 is 0 Å². The zero-order valence-electron chi connectivity index (χ0n) is 14.7. The molecule has 23 heavy (non-hydrogen) atoms. The highest BCUT2D eigenvalue weighted by molar-refractivity contribution is 5.53. The second-order valence-corrected chi connectivity index (χ2v) is 6.98. The van der Waals surface area contributed by atoms with Crippen LogP contribution in [0.5, 0.6) is 11.5 Å². The van der Waals surface area contributed by atoms with E-state index in [0.29, 0.717) is 5.92 Å². The first-order valence-electron chi connectivity index (χ1n) is 8.81. The first-order valence-corrected chi connectivity index (χ1v) is 8.81. The first kappa shape index (κ1) is 17.7. The van der Waals surface area contributed by atoms with Gasteiger partial charge in [0.2, 0.25) is 0 Å². The highest BCUT2D eigenvalue weighted by Gasteiger charge is 2.27. The molecule has 0 spiro atoms. The number of phenolic OH excluding ortho intramolecular Hbond substituents is 2. The van der Waals surface area contributed by atoms with E-state index in [1.807, 2.05) is 12.1 Å². The molecule has 1 aromatic carbocycles. The van der Waals surface area contributed by atoms with Crippen molar-refractivity contribution in [2.45, 2.75) is 65.2 Å². The van der Waals surface area contributed by atoms with E-state index in [-0.39, 0.29) is 17.4 Å². The van der Waals surface area contributed by atoms with Crippen LogP contribution in [-0.4, -0.2) is 10.2 Å². The minimum absolute atomic E-state index is 0.0686. The van der Waals surface area contributed by atoms with E-state index in [1.165, 1.54) is 11.1 Å². The Morgan fingerprint density at radius 3 is 2.61 bits per heavy atom. The molecule has 0 radical (unpaired) electrons. The molecule has 1 aliphatic carbocycles. The van der Waals surface area contributed by atoms with E-state index in [4.69, 9.17) is 0 Å². The molecule has 2 rings (SSSR count). The molecule has 0 saturated heterocycles. The van der Waals surface area contributed by atoms with E-state index in [0.717, 1.165) is 49.7 Å². The van der Waals surface area contributed by atoms with Gasteiger partial charge in [-0.05, 0) is 51.0 Å². The van der Waals surface area contributed by atoms with Crippen molar-refractivity contribution in [3.63, 3.8) is 0 Å². The minimum Gasteiger partial charge on any atom is -0.504 e. The molecule has 2 atom stereocenters. The molecule has 0 heterocycles. The van der Waals surface area contributed by atoms with Gasteiger partial charge in [-0.3, -0.25) is 0 Å². The molecular weight excluding hydrogens is 284 g/mol. The maximum atomic E-state index is 10.5. The standard InChI is InChI=1S/C21H30O2/c1-5-6-7-8-16-11-12-18(21(23)20(16)22)19-13-17(14(2)3)10-9-15(19)4/h9,11-12,17,19,22-23H,2,5-8,10,13H2,1,3-4H3. The smallest absolute Gasteiger partial charge is 0.161 e. The molecule has 2 N–H and O–H groups in total. The summed E-state index contributed by atoms with van der Waals surface area (Å²) in [7, 11) is 0. The van der Waals surface area contributed by atoms with Gasteiger partial charge < -0.3 is 10.2 Å². The maximum absolute atomic E-state index is 10.5. The number of unbranched alkanes of at least 4 members (excludes halogenated alkanes) is 2. The third kappa shape index (κ3) is 3.99. The van der Waals surface area contributed by atoms with E-state index >= 15 is 0 Å². The number of aromatic hydroxyl groups is 2. The Kier molecular flexibility index (Phi) is 5.92. The van der Waals surface area contributed by atoms with Crippen molar-refractivity contribution in [1.29, 1.82) is 0 Å². The second kappa shape index (κ2) is 7.72. The highest BCUT2D eigenvalue weighted by Crippen LogP contribution is 2.45. The molecule has 2 unspecified atom stereocenters. The van der Waals surface area contributed by atoms with Crippen molar-refractivity contribution in [2.75, 3.05) is 0 Å². The molecule has 0 aromatic heterocycles. The molecule has 0 amide bonds. The van der Waals surface area contributed by atoms with Crippen LogP contribution in [0, 0.1) is 5.92 Å². The molecule has 0 saturated carbocycles. The Morgan fingerprint density at radius 2 is 1.96 bits per heavy atom. The number of aryl methyl sites for hydroxylation is 1.